The molecule has 1 aliphatic heterocycles. The Labute approximate surface area is 191 Å². The molecule has 1 aliphatic rings. The molecule has 4 aromatic rings. The van der Waals surface area contributed by atoms with E-state index < -0.39 is 17.4 Å². The first-order valence-electron chi connectivity index (χ1n) is 11.0. The molecule has 0 amide bonds. The van der Waals surface area contributed by atoms with E-state index in [-0.39, 0.29) is 18.4 Å². The lowest BCUT2D eigenvalue weighted by molar-refractivity contribution is -0.149. The van der Waals surface area contributed by atoms with E-state index in [4.69, 9.17) is 9.47 Å². The van der Waals surface area contributed by atoms with Gasteiger partial charge in [-0.05, 0) is 46.3 Å². The Morgan fingerprint density at radius 3 is 2.36 bits per heavy atom. The molecule has 0 bridgehead atoms. The minimum absolute atomic E-state index is 0.277. The van der Waals surface area contributed by atoms with Crippen molar-refractivity contribution >= 4 is 33.6 Å². The number of rotatable bonds is 5. The highest BCUT2D eigenvalue weighted by atomic mass is 16.5. The van der Waals surface area contributed by atoms with Crippen LogP contribution < -0.4 is 5.32 Å². The summed E-state index contributed by atoms with van der Waals surface area (Å²) in [7, 11) is 2.77. The molecule has 1 fully saturated rings. The van der Waals surface area contributed by atoms with Crippen molar-refractivity contribution in [1.82, 2.24) is 10.3 Å². The zero-order valence-electron chi connectivity index (χ0n) is 18.6. The molecule has 3 aromatic carbocycles. The number of para-hydroxylation sites is 1. The van der Waals surface area contributed by atoms with Gasteiger partial charge in [-0.3, -0.25) is 14.9 Å². The highest BCUT2D eigenvalue weighted by molar-refractivity contribution is 5.87. The molecule has 2 N–H and O–H groups in total. The van der Waals surface area contributed by atoms with E-state index in [1.165, 1.54) is 14.2 Å². The molecule has 0 unspecified atom stereocenters. The fourth-order valence-electron chi connectivity index (χ4n) is 5.12. The maximum Gasteiger partial charge on any atom is 0.326 e. The fourth-order valence-corrected chi connectivity index (χ4v) is 5.12. The Morgan fingerprint density at radius 1 is 0.909 bits per heavy atom. The van der Waals surface area contributed by atoms with Gasteiger partial charge in [-0.2, -0.15) is 0 Å². The van der Waals surface area contributed by atoms with Crippen LogP contribution in [0.5, 0.6) is 0 Å². The first-order chi connectivity index (χ1) is 16.0. The number of aromatic amines is 1. The lowest BCUT2D eigenvalue weighted by Crippen LogP contribution is -2.50. The molecule has 1 aromatic heterocycles. The third kappa shape index (κ3) is 3.76. The van der Waals surface area contributed by atoms with Gasteiger partial charge in [0.2, 0.25) is 0 Å². The number of benzene rings is 3. The van der Waals surface area contributed by atoms with Crippen LogP contribution in [0.25, 0.3) is 21.7 Å². The predicted molar refractivity (Wildman–Crippen MR) is 127 cm³/mol. The zero-order valence-corrected chi connectivity index (χ0v) is 18.6. The Balaban J connectivity index is 1.56. The molecule has 0 radical (unpaired) electrons. The maximum absolute atomic E-state index is 13.2. The van der Waals surface area contributed by atoms with Gasteiger partial charge in [-0.15, -0.1) is 0 Å². The van der Waals surface area contributed by atoms with E-state index in [0.717, 1.165) is 32.9 Å². The lowest BCUT2D eigenvalue weighted by atomic mass is 9.86. The lowest BCUT2D eigenvalue weighted by Gasteiger charge is -2.27. The molecule has 0 saturated carbocycles. The fraction of sp³-hybridized carbons (Fsp3) is 0.259. The number of nitrogens with one attached hydrogen (secondary N) is 2. The quantitative estimate of drug-likeness (QED) is 0.451. The third-order valence-electron chi connectivity index (χ3n) is 6.69. The van der Waals surface area contributed by atoms with Crippen molar-refractivity contribution in [3.63, 3.8) is 0 Å². The van der Waals surface area contributed by atoms with Gasteiger partial charge in [0.05, 0.1) is 20.1 Å². The number of fused-ring (bicyclic) bond motifs is 2. The summed E-state index contributed by atoms with van der Waals surface area (Å²) in [4.78, 5) is 29.4. The standard InChI is InChI=1S/C27H26N2O4/c1-32-25(30)22-16-27(26(31)33-2,15-21-14-19-9-5-6-10-23(19)28-21)29-24(22)20-12-11-17-7-3-4-8-18(17)13-20/h3-14,22,24,28-29H,15-16H2,1-2H3/t22-,24-,27-/m0/s1. The van der Waals surface area contributed by atoms with Crippen LogP contribution in [-0.4, -0.2) is 36.7 Å². The molecule has 6 nitrogen and oxygen atoms in total. The van der Waals surface area contributed by atoms with Crippen molar-refractivity contribution in [2.75, 3.05) is 14.2 Å². The van der Waals surface area contributed by atoms with Gasteiger partial charge in [0.25, 0.3) is 0 Å². The summed E-state index contributed by atoms with van der Waals surface area (Å²) in [5.41, 5.74) is 1.77. The van der Waals surface area contributed by atoms with Crippen LogP contribution in [-0.2, 0) is 25.5 Å². The van der Waals surface area contributed by atoms with E-state index in [1.807, 2.05) is 66.7 Å². The minimum atomic E-state index is -1.06. The van der Waals surface area contributed by atoms with Gasteiger partial charge in [0.15, 0.2) is 0 Å². The second-order valence-electron chi connectivity index (χ2n) is 8.69. The number of H-pyrrole nitrogens is 1. The van der Waals surface area contributed by atoms with Crippen LogP contribution in [0.3, 0.4) is 0 Å². The van der Waals surface area contributed by atoms with Crippen molar-refractivity contribution in [1.29, 1.82) is 0 Å². The molecule has 0 aliphatic carbocycles. The van der Waals surface area contributed by atoms with Crippen LogP contribution >= 0.6 is 0 Å². The molecule has 3 atom stereocenters. The SMILES string of the molecule is COC(=O)[C@H]1C[C@@](Cc2cc3ccccc3[nH]2)(C(=O)OC)N[C@H]1c1ccc2ccccc2c1. The van der Waals surface area contributed by atoms with Crippen molar-refractivity contribution in [3.8, 4) is 0 Å². The highest BCUT2D eigenvalue weighted by Gasteiger charge is 2.54. The molecule has 6 heteroatoms. The summed E-state index contributed by atoms with van der Waals surface area (Å²) in [6, 6.07) is 23.8. The number of hydrogen-bond donors (Lipinski definition) is 2. The Kier molecular flexibility index (Phi) is 5.38. The van der Waals surface area contributed by atoms with E-state index in [2.05, 4.69) is 16.4 Å². The monoisotopic (exact) mass is 442 g/mol. The molecular weight excluding hydrogens is 416 g/mol. The Morgan fingerprint density at radius 2 is 1.64 bits per heavy atom. The minimum Gasteiger partial charge on any atom is -0.469 e. The van der Waals surface area contributed by atoms with Gasteiger partial charge in [0, 0.05) is 23.7 Å². The van der Waals surface area contributed by atoms with E-state index in [1.54, 1.807) is 0 Å². The van der Waals surface area contributed by atoms with Gasteiger partial charge < -0.3 is 14.5 Å². The maximum atomic E-state index is 13.2. The number of methoxy groups -OCH3 is 2. The van der Waals surface area contributed by atoms with E-state index in [9.17, 15) is 9.59 Å². The predicted octanol–water partition coefficient (Wildman–Crippen LogP) is 4.30. The third-order valence-corrected chi connectivity index (χ3v) is 6.69. The summed E-state index contributed by atoms with van der Waals surface area (Å²) in [6.45, 7) is 0. The molecule has 0 spiro atoms. The van der Waals surface area contributed by atoms with Crippen LogP contribution in [0.2, 0.25) is 0 Å². The Hall–Kier alpha value is -3.64. The Bertz CT molecular complexity index is 1310. The van der Waals surface area contributed by atoms with Crippen LogP contribution in [0, 0.1) is 5.92 Å². The number of hydrogen-bond acceptors (Lipinski definition) is 5. The number of aromatic nitrogens is 1. The number of carbonyl (C=O) groups excluding carboxylic acids is 2. The molecule has 1 saturated heterocycles. The van der Waals surface area contributed by atoms with Gasteiger partial charge in [-0.1, -0.05) is 54.6 Å². The van der Waals surface area contributed by atoms with Crippen molar-refractivity contribution < 1.29 is 19.1 Å². The average molecular weight is 443 g/mol. The highest BCUT2D eigenvalue weighted by Crippen LogP contribution is 2.42. The number of carbonyl (C=O) groups is 2. The topological polar surface area (TPSA) is 80.4 Å². The zero-order chi connectivity index (χ0) is 23.0. The average Bonchev–Trinajstić information content (AvgIpc) is 3.44. The summed E-state index contributed by atoms with van der Waals surface area (Å²) in [5.74, 6) is -1.26. The smallest absolute Gasteiger partial charge is 0.326 e. The first kappa shape index (κ1) is 21.2. The van der Waals surface area contributed by atoms with Crippen molar-refractivity contribution in [3.05, 3.63) is 84.1 Å². The molecule has 33 heavy (non-hydrogen) atoms. The van der Waals surface area contributed by atoms with Crippen LogP contribution in [0.15, 0.2) is 72.8 Å². The largest absolute Gasteiger partial charge is 0.469 e. The second-order valence-corrected chi connectivity index (χ2v) is 8.69. The molecular formula is C27H26N2O4. The second kappa shape index (κ2) is 8.37. The van der Waals surface area contributed by atoms with Gasteiger partial charge in [-0.25, -0.2) is 0 Å². The van der Waals surface area contributed by atoms with Gasteiger partial charge >= 0.3 is 11.9 Å². The number of esters is 2. The van der Waals surface area contributed by atoms with Crippen LogP contribution in [0.1, 0.15) is 23.7 Å². The summed E-state index contributed by atoms with van der Waals surface area (Å²) >= 11 is 0. The molecule has 2 heterocycles. The summed E-state index contributed by atoms with van der Waals surface area (Å²) in [5, 5.41) is 6.76. The van der Waals surface area contributed by atoms with E-state index in [0.29, 0.717) is 6.42 Å². The summed E-state index contributed by atoms with van der Waals surface area (Å²) < 4.78 is 10.4. The first-order valence-corrected chi connectivity index (χ1v) is 11.0. The molecule has 5 rings (SSSR count). The van der Waals surface area contributed by atoms with Crippen molar-refractivity contribution in [2.45, 2.75) is 24.4 Å². The molecule has 168 valence electrons. The van der Waals surface area contributed by atoms with Crippen LogP contribution in [0.4, 0.5) is 0 Å². The van der Waals surface area contributed by atoms with E-state index >= 15 is 0 Å². The normalized spacial score (nSPS) is 22.5. The number of ether oxygens (including phenoxy) is 2. The van der Waals surface area contributed by atoms with Gasteiger partial charge in [0.1, 0.15) is 5.54 Å². The summed E-state index contributed by atoms with van der Waals surface area (Å²) in [6.07, 6.45) is 0.644. The van der Waals surface area contributed by atoms with Crippen molar-refractivity contribution in [2.24, 2.45) is 5.92 Å².